The van der Waals surface area contributed by atoms with E-state index in [0.717, 1.165) is 4.88 Å². The monoisotopic (exact) mass is 392 g/mol. The highest BCUT2D eigenvalue weighted by Gasteiger charge is 2.22. The molecule has 0 saturated carbocycles. The fourth-order valence-corrected chi connectivity index (χ4v) is 3.16. The number of benzene rings is 2. The van der Waals surface area contributed by atoms with Gasteiger partial charge in [-0.1, -0.05) is 36.4 Å². The lowest BCUT2D eigenvalue weighted by molar-refractivity contribution is 0.0277. The van der Waals surface area contributed by atoms with Crippen LogP contribution < -0.4 is 4.74 Å². The fraction of sp³-hybridized carbons (Fsp3) is 0.0952. The molecule has 2 aromatic carbocycles. The van der Waals surface area contributed by atoms with Crippen LogP contribution in [0.2, 0.25) is 0 Å². The third kappa shape index (κ3) is 3.94. The molecule has 2 aromatic heterocycles. The van der Waals surface area contributed by atoms with Gasteiger partial charge in [-0.05, 0) is 42.6 Å². The molecular weight excluding hydrogens is 376 g/mol. The summed E-state index contributed by atoms with van der Waals surface area (Å²) >= 11 is 1.49. The Kier molecular flexibility index (Phi) is 5.16. The minimum Gasteiger partial charge on any atom is -0.456 e. The van der Waals surface area contributed by atoms with Crippen molar-refractivity contribution in [2.45, 2.75) is 13.0 Å². The van der Waals surface area contributed by atoms with Gasteiger partial charge in [0.1, 0.15) is 17.1 Å². The topological polar surface area (TPSA) is 74.5 Å². The zero-order valence-electron chi connectivity index (χ0n) is 14.9. The van der Waals surface area contributed by atoms with E-state index >= 15 is 0 Å². The smallest absolute Gasteiger partial charge is 0.342 e. The zero-order chi connectivity index (χ0) is 19.3. The van der Waals surface area contributed by atoms with Crippen LogP contribution in [0.15, 0.2) is 76.5 Å². The zero-order valence-corrected chi connectivity index (χ0v) is 15.8. The average Bonchev–Trinajstić information content (AvgIpc) is 3.41. The molecule has 0 radical (unpaired) electrons. The van der Waals surface area contributed by atoms with Crippen LogP contribution >= 0.6 is 11.3 Å². The molecule has 0 aliphatic carbocycles. The van der Waals surface area contributed by atoms with Gasteiger partial charge >= 0.3 is 5.97 Å². The molecule has 4 rings (SSSR count). The predicted octanol–water partition coefficient (Wildman–Crippen LogP) is 5.51. The summed E-state index contributed by atoms with van der Waals surface area (Å²) in [5, 5.41) is 9.92. The molecule has 0 amide bonds. The summed E-state index contributed by atoms with van der Waals surface area (Å²) in [6, 6.07) is 19.9. The van der Waals surface area contributed by atoms with Crippen molar-refractivity contribution in [3.05, 3.63) is 83.6 Å². The molecule has 0 N–H and O–H groups in total. The first-order valence-corrected chi connectivity index (χ1v) is 9.49. The lowest BCUT2D eigenvalue weighted by atomic mass is 10.2. The standard InChI is InChI=1S/C21H16N2O4S/c1-14(19-22-23-20(27-19)18-12-7-13-28-18)25-21(24)16-10-5-6-11-17(16)26-15-8-3-2-4-9-15/h2-14H,1H3. The Labute approximate surface area is 165 Å². The largest absolute Gasteiger partial charge is 0.456 e. The molecule has 0 bridgehead atoms. The van der Waals surface area contributed by atoms with Gasteiger partial charge in [0.05, 0.1) is 4.88 Å². The molecule has 0 aliphatic rings. The Morgan fingerprint density at radius 3 is 2.57 bits per heavy atom. The van der Waals surface area contributed by atoms with Gasteiger partial charge in [0.2, 0.25) is 0 Å². The van der Waals surface area contributed by atoms with Crippen molar-refractivity contribution in [3.63, 3.8) is 0 Å². The molecule has 2 heterocycles. The second-order valence-corrected chi connectivity index (χ2v) is 6.83. The fourth-order valence-electron chi connectivity index (χ4n) is 2.51. The second-order valence-electron chi connectivity index (χ2n) is 5.88. The highest BCUT2D eigenvalue weighted by atomic mass is 32.1. The van der Waals surface area contributed by atoms with E-state index in [1.54, 1.807) is 31.2 Å². The summed E-state index contributed by atoms with van der Waals surface area (Å²) in [5.74, 6) is 1.15. The molecule has 6 nitrogen and oxygen atoms in total. The number of aromatic nitrogens is 2. The Bertz CT molecular complexity index is 1060. The van der Waals surface area contributed by atoms with Crippen LogP contribution in [0.3, 0.4) is 0 Å². The maximum atomic E-state index is 12.7. The molecule has 0 fully saturated rings. The van der Waals surface area contributed by atoms with E-state index in [-0.39, 0.29) is 5.89 Å². The number of ether oxygens (including phenoxy) is 2. The molecule has 0 aliphatic heterocycles. The van der Waals surface area contributed by atoms with Crippen molar-refractivity contribution >= 4 is 17.3 Å². The number of esters is 1. The molecule has 1 unspecified atom stereocenters. The number of carbonyl (C=O) groups excluding carboxylic acids is 1. The Hall–Kier alpha value is -3.45. The van der Waals surface area contributed by atoms with Crippen molar-refractivity contribution < 1.29 is 18.7 Å². The van der Waals surface area contributed by atoms with Gasteiger partial charge in [0.25, 0.3) is 11.8 Å². The molecule has 0 saturated heterocycles. The number of hydrogen-bond donors (Lipinski definition) is 0. The first-order chi connectivity index (χ1) is 13.7. The number of nitrogens with zero attached hydrogens (tertiary/aromatic N) is 2. The summed E-state index contributed by atoms with van der Waals surface area (Å²) < 4.78 is 17.0. The van der Waals surface area contributed by atoms with E-state index in [2.05, 4.69) is 10.2 Å². The molecule has 28 heavy (non-hydrogen) atoms. The van der Waals surface area contributed by atoms with Gasteiger partial charge in [0.15, 0.2) is 6.10 Å². The lowest BCUT2D eigenvalue weighted by Gasteiger charge is -2.13. The summed E-state index contributed by atoms with van der Waals surface area (Å²) in [6.45, 7) is 1.68. The third-order valence-electron chi connectivity index (χ3n) is 3.88. The van der Waals surface area contributed by atoms with Crippen LogP contribution in [0.5, 0.6) is 11.5 Å². The molecular formula is C21H16N2O4S. The van der Waals surface area contributed by atoms with E-state index in [4.69, 9.17) is 13.9 Å². The second kappa shape index (κ2) is 8.06. The van der Waals surface area contributed by atoms with Crippen LogP contribution in [-0.4, -0.2) is 16.2 Å². The van der Waals surface area contributed by atoms with Crippen molar-refractivity contribution in [2.75, 3.05) is 0 Å². The molecule has 1 atom stereocenters. The molecule has 7 heteroatoms. The van der Waals surface area contributed by atoms with E-state index in [1.165, 1.54) is 11.3 Å². The number of para-hydroxylation sites is 2. The van der Waals surface area contributed by atoms with Gasteiger partial charge in [-0.15, -0.1) is 21.5 Å². The van der Waals surface area contributed by atoms with Crippen molar-refractivity contribution in [3.8, 4) is 22.3 Å². The van der Waals surface area contributed by atoms with Crippen LogP contribution in [0.4, 0.5) is 0 Å². The molecule has 0 spiro atoms. The van der Waals surface area contributed by atoms with Crippen LogP contribution in [0.1, 0.15) is 29.3 Å². The SMILES string of the molecule is CC(OC(=O)c1ccccc1Oc1ccccc1)c1nnc(-c2cccs2)o1. The number of carbonyl (C=O) groups is 1. The maximum absolute atomic E-state index is 12.7. The first-order valence-electron chi connectivity index (χ1n) is 8.61. The van der Waals surface area contributed by atoms with Crippen molar-refractivity contribution in [1.82, 2.24) is 10.2 Å². The van der Waals surface area contributed by atoms with Gasteiger partial charge in [-0.2, -0.15) is 0 Å². The normalized spacial score (nSPS) is 11.8. The van der Waals surface area contributed by atoms with Crippen LogP contribution in [0.25, 0.3) is 10.8 Å². The van der Waals surface area contributed by atoms with Gasteiger partial charge in [-0.3, -0.25) is 0 Å². The minimum absolute atomic E-state index is 0.234. The predicted molar refractivity (Wildman–Crippen MR) is 104 cm³/mol. The van der Waals surface area contributed by atoms with Crippen molar-refractivity contribution in [2.24, 2.45) is 0 Å². The van der Waals surface area contributed by atoms with Crippen LogP contribution in [0, 0.1) is 0 Å². The highest BCUT2D eigenvalue weighted by molar-refractivity contribution is 7.13. The Balaban J connectivity index is 1.49. The van der Waals surface area contributed by atoms with Crippen molar-refractivity contribution in [1.29, 1.82) is 0 Å². The highest BCUT2D eigenvalue weighted by Crippen LogP contribution is 2.29. The maximum Gasteiger partial charge on any atom is 0.342 e. The van der Waals surface area contributed by atoms with Gasteiger partial charge in [-0.25, -0.2) is 4.79 Å². The summed E-state index contributed by atoms with van der Waals surface area (Å²) in [7, 11) is 0. The quantitative estimate of drug-likeness (QED) is 0.403. The Morgan fingerprint density at radius 2 is 1.79 bits per heavy atom. The molecule has 140 valence electrons. The van der Waals surface area contributed by atoms with E-state index in [0.29, 0.717) is 23.0 Å². The molecule has 4 aromatic rings. The van der Waals surface area contributed by atoms with Crippen LogP contribution in [-0.2, 0) is 4.74 Å². The number of hydrogen-bond acceptors (Lipinski definition) is 7. The first kappa shape index (κ1) is 17.9. The lowest BCUT2D eigenvalue weighted by Crippen LogP contribution is -2.10. The summed E-state index contributed by atoms with van der Waals surface area (Å²) in [6.07, 6.45) is -0.696. The Morgan fingerprint density at radius 1 is 1.00 bits per heavy atom. The summed E-state index contributed by atoms with van der Waals surface area (Å²) in [5.41, 5.74) is 0.316. The van der Waals surface area contributed by atoms with Gasteiger partial charge < -0.3 is 13.9 Å². The average molecular weight is 392 g/mol. The van der Waals surface area contributed by atoms with Gasteiger partial charge in [0, 0.05) is 0 Å². The van der Waals surface area contributed by atoms with E-state index in [1.807, 2.05) is 47.8 Å². The van der Waals surface area contributed by atoms with E-state index < -0.39 is 12.1 Å². The third-order valence-corrected chi connectivity index (χ3v) is 4.74. The minimum atomic E-state index is -0.696. The number of rotatable bonds is 6. The van der Waals surface area contributed by atoms with E-state index in [9.17, 15) is 4.79 Å². The number of thiophene rings is 1. The summed E-state index contributed by atoms with van der Waals surface area (Å²) in [4.78, 5) is 13.5.